The number of likely N-dealkylation sites (tertiary alicyclic amines) is 1. The normalized spacial score (nSPS) is 19.3. The number of hydrogen-bond donors (Lipinski definition) is 3. The number of imide groups is 2. The molecule has 1 spiro atoms. The maximum atomic E-state index is 13.8. The summed E-state index contributed by atoms with van der Waals surface area (Å²) in [6.07, 6.45) is 12.3. The molecule has 7 heterocycles. The maximum absolute atomic E-state index is 13.8. The van der Waals surface area contributed by atoms with Crippen molar-refractivity contribution >= 4 is 86.5 Å². The number of methoxy groups -OCH3 is 1. The van der Waals surface area contributed by atoms with Crippen LogP contribution in [0.3, 0.4) is 0 Å². The number of aryl methyl sites for hydroxylation is 1. The fourth-order valence-electron chi connectivity index (χ4n) is 12.0. The molecule has 4 saturated heterocycles. The zero-order chi connectivity index (χ0) is 52.9. The van der Waals surface area contributed by atoms with Crippen LogP contribution in [-0.4, -0.2) is 125 Å². The molecule has 1 unspecified atom stereocenters. The molecule has 4 amide bonds. The monoisotopic (exact) mass is 1110 g/mol. The van der Waals surface area contributed by atoms with Crippen molar-refractivity contribution in [2.24, 2.45) is 18.4 Å². The number of carbonyl (C=O) groups is 4. The summed E-state index contributed by atoms with van der Waals surface area (Å²) in [5.74, 6) is 0.203. The SMILES string of the molecule is COc1cc(N2CCC(CN3CCC4(CC3)CCN(c3cccc5c3C(=O)N(C3CCC(=O)NC3=O)C5=O)CC4)CC2)c(-c2cnn(C)c2)cc1Nc1ncc(Br)c(Nc2ccc(-c3ccccc3)cc2P(C)(C)=O)n1. The highest BCUT2D eigenvalue weighted by Crippen LogP contribution is 2.46. The van der Waals surface area contributed by atoms with E-state index in [4.69, 9.17) is 9.72 Å². The van der Waals surface area contributed by atoms with E-state index in [1.165, 1.54) is 0 Å². The molecule has 0 bridgehead atoms. The van der Waals surface area contributed by atoms with E-state index in [0.717, 1.165) is 128 Å². The third-order valence-corrected chi connectivity index (χ3v) is 18.4. The van der Waals surface area contributed by atoms with Gasteiger partial charge in [0.1, 0.15) is 24.8 Å². The molecule has 19 heteroatoms. The number of nitrogens with zero attached hydrogens (tertiary/aromatic N) is 8. The number of fused-ring (bicyclic) bond motifs is 1. The summed E-state index contributed by atoms with van der Waals surface area (Å²) in [4.78, 5) is 69.9. The first-order valence-corrected chi connectivity index (χ1v) is 29.6. The lowest BCUT2D eigenvalue weighted by molar-refractivity contribution is -0.136. The van der Waals surface area contributed by atoms with Crippen molar-refractivity contribution in [1.82, 2.24) is 34.9 Å². The van der Waals surface area contributed by atoms with Crippen molar-refractivity contribution in [2.45, 2.75) is 57.4 Å². The Balaban J connectivity index is 0.723. The molecule has 11 rings (SSSR count). The molecule has 3 N–H and O–H groups in total. The molecule has 4 fully saturated rings. The molecule has 6 aromatic rings. The van der Waals surface area contributed by atoms with Crippen molar-refractivity contribution in [1.29, 1.82) is 0 Å². The van der Waals surface area contributed by atoms with Crippen LogP contribution in [0.25, 0.3) is 22.3 Å². The molecule has 0 radical (unpaired) electrons. The van der Waals surface area contributed by atoms with Gasteiger partial charge in [0.25, 0.3) is 11.8 Å². The number of amides is 4. The number of halogens is 1. The lowest BCUT2D eigenvalue weighted by atomic mass is 9.71. The molecular formula is C57H63BrN11O6P. The third-order valence-electron chi connectivity index (χ3n) is 16.3. The number of ether oxygens (including phenoxy) is 1. The Morgan fingerprint density at radius 2 is 1.50 bits per heavy atom. The second kappa shape index (κ2) is 20.9. The van der Waals surface area contributed by atoms with Crippen LogP contribution in [0.5, 0.6) is 5.75 Å². The lowest BCUT2D eigenvalue weighted by Crippen LogP contribution is -2.54. The third kappa shape index (κ3) is 10.3. The number of aromatic nitrogens is 4. The maximum Gasteiger partial charge on any atom is 0.264 e. The molecular weight excluding hydrogens is 1050 g/mol. The minimum atomic E-state index is -2.71. The van der Waals surface area contributed by atoms with Gasteiger partial charge in [0.2, 0.25) is 17.8 Å². The summed E-state index contributed by atoms with van der Waals surface area (Å²) < 4.78 is 22.2. The van der Waals surface area contributed by atoms with Crippen molar-refractivity contribution in [3.8, 4) is 28.0 Å². The predicted octanol–water partition coefficient (Wildman–Crippen LogP) is 9.05. The van der Waals surface area contributed by atoms with Gasteiger partial charge in [0.15, 0.2) is 0 Å². The molecule has 2 aromatic heterocycles. The first-order chi connectivity index (χ1) is 36.6. The van der Waals surface area contributed by atoms with Crippen molar-refractivity contribution in [2.75, 3.05) is 86.7 Å². The van der Waals surface area contributed by atoms with Crippen LogP contribution in [0.4, 0.5) is 34.5 Å². The van der Waals surface area contributed by atoms with Crippen LogP contribution in [0.1, 0.15) is 72.1 Å². The smallest absolute Gasteiger partial charge is 0.264 e. The minimum Gasteiger partial charge on any atom is -0.494 e. The van der Waals surface area contributed by atoms with E-state index in [9.17, 15) is 23.7 Å². The van der Waals surface area contributed by atoms with Crippen LogP contribution in [-0.2, 0) is 21.2 Å². The summed E-state index contributed by atoms with van der Waals surface area (Å²) >= 11 is 3.65. The Bertz CT molecular complexity index is 3280. The van der Waals surface area contributed by atoms with Gasteiger partial charge < -0.3 is 34.6 Å². The molecule has 0 saturated carbocycles. The quantitative estimate of drug-likeness (QED) is 0.0734. The number of anilines is 6. The number of rotatable bonds is 13. The molecule has 5 aliphatic heterocycles. The van der Waals surface area contributed by atoms with Crippen molar-refractivity contribution in [3.05, 3.63) is 113 Å². The van der Waals surface area contributed by atoms with E-state index in [2.05, 4.69) is 68.8 Å². The second-order valence-electron chi connectivity index (χ2n) is 21.4. The molecule has 5 aliphatic rings. The Hall–Kier alpha value is -6.88. The molecule has 76 heavy (non-hydrogen) atoms. The average Bonchev–Trinajstić information content (AvgIpc) is 3.99. The predicted molar refractivity (Wildman–Crippen MR) is 300 cm³/mol. The van der Waals surface area contributed by atoms with E-state index in [-0.39, 0.29) is 24.2 Å². The van der Waals surface area contributed by atoms with Gasteiger partial charge in [0.05, 0.1) is 46.0 Å². The highest BCUT2D eigenvalue weighted by molar-refractivity contribution is 9.10. The average molecular weight is 1110 g/mol. The first kappa shape index (κ1) is 51.2. The Labute approximate surface area is 451 Å². The minimum absolute atomic E-state index is 0.0915. The van der Waals surface area contributed by atoms with Crippen molar-refractivity contribution < 1.29 is 28.5 Å². The molecule has 4 aromatic carbocycles. The van der Waals surface area contributed by atoms with Crippen LogP contribution in [0.15, 0.2) is 102 Å². The van der Waals surface area contributed by atoms with Gasteiger partial charge in [-0.25, -0.2) is 4.98 Å². The van der Waals surface area contributed by atoms with Gasteiger partial charge in [-0.15, -0.1) is 0 Å². The fraction of sp³-hybridized carbons (Fsp3) is 0.386. The molecule has 394 valence electrons. The summed E-state index contributed by atoms with van der Waals surface area (Å²) in [6.45, 7) is 10.2. The van der Waals surface area contributed by atoms with Gasteiger partial charge in [-0.1, -0.05) is 42.5 Å². The van der Waals surface area contributed by atoms with Crippen LogP contribution in [0.2, 0.25) is 0 Å². The van der Waals surface area contributed by atoms with Gasteiger partial charge in [-0.3, -0.25) is 34.1 Å². The number of nitrogens with one attached hydrogen (secondary N) is 3. The highest BCUT2D eigenvalue weighted by Gasteiger charge is 2.47. The zero-order valence-electron chi connectivity index (χ0n) is 43.4. The van der Waals surface area contributed by atoms with Crippen LogP contribution in [0, 0.1) is 11.3 Å². The van der Waals surface area contributed by atoms with Crippen LogP contribution >= 0.6 is 23.1 Å². The summed E-state index contributed by atoms with van der Waals surface area (Å²) in [7, 11) is 0.888. The van der Waals surface area contributed by atoms with E-state index < -0.39 is 30.9 Å². The van der Waals surface area contributed by atoms with Crippen LogP contribution < -0.4 is 35.8 Å². The van der Waals surface area contributed by atoms with E-state index in [1.807, 2.05) is 84.8 Å². The van der Waals surface area contributed by atoms with Crippen molar-refractivity contribution in [3.63, 3.8) is 0 Å². The van der Waals surface area contributed by atoms with E-state index in [0.29, 0.717) is 50.4 Å². The Kier molecular flexibility index (Phi) is 14.1. The number of piperidine rings is 4. The number of carbonyl (C=O) groups excluding carboxylic acids is 4. The highest BCUT2D eigenvalue weighted by atomic mass is 79.9. The number of benzene rings is 4. The van der Waals surface area contributed by atoms with E-state index in [1.54, 1.807) is 32.7 Å². The van der Waals surface area contributed by atoms with Gasteiger partial charge >= 0.3 is 0 Å². The summed E-state index contributed by atoms with van der Waals surface area (Å²) in [6, 6.07) is 24.7. The largest absolute Gasteiger partial charge is 0.494 e. The molecule has 17 nitrogen and oxygen atoms in total. The van der Waals surface area contributed by atoms with Gasteiger partial charge in [0, 0.05) is 86.8 Å². The van der Waals surface area contributed by atoms with E-state index >= 15 is 0 Å². The Morgan fingerprint density at radius 3 is 2.20 bits per heavy atom. The number of hydrogen-bond acceptors (Lipinski definition) is 14. The topological polar surface area (TPSA) is 187 Å². The van der Waals surface area contributed by atoms with Gasteiger partial charge in [-0.2, -0.15) is 10.1 Å². The second-order valence-corrected chi connectivity index (χ2v) is 25.5. The molecule has 0 aliphatic carbocycles. The fourth-order valence-corrected chi connectivity index (χ4v) is 13.4. The lowest BCUT2D eigenvalue weighted by Gasteiger charge is -2.48. The zero-order valence-corrected chi connectivity index (χ0v) is 45.8. The Morgan fingerprint density at radius 1 is 0.763 bits per heavy atom. The summed E-state index contributed by atoms with van der Waals surface area (Å²) in [5.41, 5.74) is 8.23. The summed E-state index contributed by atoms with van der Waals surface area (Å²) in [5, 5.41) is 14.5. The standard InChI is InChI=1S/C57H63BrN11O6P/c1-65-35-39(32-60-65)41-30-44(62-56-59-33-42(58)52(64-56)61-43-14-13-38(29-49(43)76(3,4)74)37-9-6-5-7-10-37)48(75-2)31-47(41)67-23-17-36(18-24-67)34-66-25-19-57(20-26-66)21-27-68(28-22-57)45-12-8-11-40-51(45)55(73)69(54(40)72)46-15-16-50(70)63-53(46)71/h5-14,29-33,35-36,46H,15-28,34H2,1-4H3,(H,63,70,71)(H2,59,61,62,64). The first-order valence-electron chi connectivity index (χ1n) is 26.2. The molecule has 1 atom stereocenters. The van der Waals surface area contributed by atoms with Gasteiger partial charge in [-0.05, 0) is 140 Å².